The number of aromatic nitrogens is 4. The van der Waals surface area contributed by atoms with Gasteiger partial charge in [0.1, 0.15) is 6.33 Å². The highest BCUT2D eigenvalue weighted by atomic mass is 32.2. The molecule has 2 N–H and O–H groups in total. The van der Waals surface area contributed by atoms with Crippen molar-refractivity contribution in [3.8, 4) is 0 Å². The first-order chi connectivity index (χ1) is 10.8. The molecule has 2 heterocycles. The van der Waals surface area contributed by atoms with Crippen molar-refractivity contribution in [3.05, 3.63) is 66.2 Å². The minimum atomic E-state index is -0.139. The van der Waals surface area contributed by atoms with Crippen LogP contribution in [-0.2, 0) is 5.75 Å². The van der Waals surface area contributed by atoms with Crippen molar-refractivity contribution >= 4 is 23.4 Å². The molecule has 3 rings (SSSR count). The number of nitrogens with one attached hydrogen (secondary N) is 2. The van der Waals surface area contributed by atoms with Gasteiger partial charge >= 0.3 is 0 Å². The Balaban J connectivity index is 1.74. The van der Waals surface area contributed by atoms with Crippen LogP contribution in [0.3, 0.4) is 0 Å². The Bertz CT molecular complexity index is 746. The molecule has 0 fully saturated rings. The van der Waals surface area contributed by atoms with Crippen LogP contribution in [0.2, 0.25) is 0 Å². The molecule has 1 amide bonds. The van der Waals surface area contributed by atoms with Crippen LogP contribution in [0.25, 0.3) is 0 Å². The van der Waals surface area contributed by atoms with Crippen LogP contribution < -0.4 is 5.32 Å². The van der Waals surface area contributed by atoms with E-state index in [1.54, 1.807) is 24.5 Å². The standard InChI is InChI=1S/C15H13N5OS/c21-14(19-12-5-7-16-8-6-12)13-4-2-1-3-11(13)9-22-15-17-10-18-20-15/h1-8,10H,9H2,(H,16,19,21)(H,17,18,20). The molecule has 0 atom stereocenters. The second kappa shape index (κ2) is 6.86. The van der Waals surface area contributed by atoms with E-state index in [1.165, 1.54) is 18.1 Å². The Morgan fingerprint density at radius 3 is 2.77 bits per heavy atom. The predicted octanol–water partition coefficient (Wildman–Crippen LogP) is 2.74. The number of amides is 1. The molecule has 1 aromatic carbocycles. The molecule has 110 valence electrons. The molecule has 0 bridgehead atoms. The fraction of sp³-hybridized carbons (Fsp3) is 0.0667. The second-order valence-electron chi connectivity index (χ2n) is 4.43. The van der Waals surface area contributed by atoms with Gasteiger partial charge in [0.15, 0.2) is 5.16 Å². The summed E-state index contributed by atoms with van der Waals surface area (Å²) in [5.41, 5.74) is 2.31. The summed E-state index contributed by atoms with van der Waals surface area (Å²) in [4.78, 5) is 20.4. The lowest BCUT2D eigenvalue weighted by atomic mass is 10.1. The Kier molecular flexibility index (Phi) is 4.45. The van der Waals surface area contributed by atoms with Gasteiger partial charge in [-0.15, -0.1) is 0 Å². The zero-order valence-corrected chi connectivity index (χ0v) is 12.4. The quantitative estimate of drug-likeness (QED) is 0.708. The largest absolute Gasteiger partial charge is 0.322 e. The third kappa shape index (κ3) is 3.50. The van der Waals surface area contributed by atoms with Crippen LogP contribution in [-0.4, -0.2) is 26.1 Å². The number of hydrogen-bond donors (Lipinski definition) is 2. The van der Waals surface area contributed by atoms with Crippen molar-refractivity contribution in [2.75, 3.05) is 5.32 Å². The molecule has 0 aliphatic heterocycles. The van der Waals surface area contributed by atoms with Crippen molar-refractivity contribution < 1.29 is 4.79 Å². The van der Waals surface area contributed by atoms with E-state index in [4.69, 9.17) is 0 Å². The summed E-state index contributed by atoms with van der Waals surface area (Å²) in [6.07, 6.45) is 4.74. The van der Waals surface area contributed by atoms with E-state index in [-0.39, 0.29) is 5.91 Å². The second-order valence-corrected chi connectivity index (χ2v) is 5.39. The molecule has 0 radical (unpaired) electrons. The van der Waals surface area contributed by atoms with E-state index in [0.29, 0.717) is 11.3 Å². The number of pyridine rings is 1. The summed E-state index contributed by atoms with van der Waals surface area (Å²) >= 11 is 1.50. The molecule has 0 unspecified atom stereocenters. The normalized spacial score (nSPS) is 10.4. The van der Waals surface area contributed by atoms with Crippen molar-refractivity contribution in [2.24, 2.45) is 0 Å². The van der Waals surface area contributed by atoms with E-state index < -0.39 is 0 Å². The lowest BCUT2D eigenvalue weighted by Gasteiger charge is -2.09. The van der Waals surface area contributed by atoms with Gasteiger partial charge in [-0.05, 0) is 23.8 Å². The van der Waals surface area contributed by atoms with Crippen LogP contribution in [0, 0.1) is 0 Å². The third-order valence-corrected chi connectivity index (χ3v) is 3.88. The lowest BCUT2D eigenvalue weighted by Crippen LogP contribution is -2.14. The maximum atomic E-state index is 12.4. The number of hydrogen-bond acceptors (Lipinski definition) is 5. The smallest absolute Gasteiger partial charge is 0.255 e. The van der Waals surface area contributed by atoms with Gasteiger partial charge in [0.05, 0.1) is 0 Å². The first kappa shape index (κ1) is 14.3. The van der Waals surface area contributed by atoms with E-state index in [9.17, 15) is 4.79 Å². The van der Waals surface area contributed by atoms with Crippen molar-refractivity contribution in [1.29, 1.82) is 0 Å². The van der Waals surface area contributed by atoms with Crippen LogP contribution in [0.15, 0.2) is 60.3 Å². The molecule has 0 saturated heterocycles. The van der Waals surface area contributed by atoms with Gasteiger partial charge in [0, 0.05) is 29.4 Å². The summed E-state index contributed by atoms with van der Waals surface area (Å²) < 4.78 is 0. The van der Waals surface area contributed by atoms with Gasteiger partial charge in [0.2, 0.25) is 0 Å². The first-order valence-electron chi connectivity index (χ1n) is 6.60. The summed E-state index contributed by atoms with van der Waals surface area (Å²) in [5.74, 6) is 0.495. The summed E-state index contributed by atoms with van der Waals surface area (Å²) in [6, 6.07) is 11.0. The van der Waals surface area contributed by atoms with E-state index in [2.05, 4.69) is 25.5 Å². The minimum absolute atomic E-state index is 0.139. The maximum Gasteiger partial charge on any atom is 0.255 e. The summed E-state index contributed by atoms with van der Waals surface area (Å²) in [5, 5.41) is 10.2. The van der Waals surface area contributed by atoms with Crippen molar-refractivity contribution in [2.45, 2.75) is 10.9 Å². The summed E-state index contributed by atoms with van der Waals surface area (Å²) in [7, 11) is 0. The maximum absolute atomic E-state index is 12.4. The molecule has 7 heteroatoms. The van der Waals surface area contributed by atoms with Crippen molar-refractivity contribution in [1.82, 2.24) is 20.2 Å². The Labute approximate surface area is 131 Å². The molecule has 0 aliphatic carbocycles. The van der Waals surface area contributed by atoms with E-state index in [0.717, 1.165) is 16.4 Å². The van der Waals surface area contributed by atoms with Gasteiger partial charge in [-0.1, -0.05) is 30.0 Å². The number of benzene rings is 1. The minimum Gasteiger partial charge on any atom is -0.322 e. The number of thioether (sulfide) groups is 1. The number of rotatable bonds is 5. The van der Waals surface area contributed by atoms with Crippen LogP contribution in [0.5, 0.6) is 0 Å². The van der Waals surface area contributed by atoms with Crippen LogP contribution in [0.1, 0.15) is 15.9 Å². The fourth-order valence-corrected chi connectivity index (χ4v) is 2.69. The van der Waals surface area contributed by atoms with Crippen molar-refractivity contribution in [3.63, 3.8) is 0 Å². The average molecular weight is 311 g/mol. The first-order valence-corrected chi connectivity index (χ1v) is 7.59. The predicted molar refractivity (Wildman–Crippen MR) is 84.6 cm³/mol. The third-order valence-electron chi connectivity index (χ3n) is 2.96. The van der Waals surface area contributed by atoms with E-state index >= 15 is 0 Å². The number of carbonyl (C=O) groups is 1. The zero-order valence-electron chi connectivity index (χ0n) is 11.6. The Morgan fingerprint density at radius 1 is 1.18 bits per heavy atom. The highest BCUT2D eigenvalue weighted by Gasteiger charge is 2.11. The number of nitrogens with zero attached hydrogens (tertiary/aromatic N) is 3. The van der Waals surface area contributed by atoms with Gasteiger partial charge in [-0.25, -0.2) is 4.98 Å². The van der Waals surface area contributed by atoms with Gasteiger partial charge in [-0.3, -0.25) is 14.9 Å². The fourth-order valence-electron chi connectivity index (χ4n) is 1.91. The number of aromatic amines is 1. The molecular formula is C15H13N5OS. The molecule has 0 aliphatic rings. The molecule has 6 nitrogen and oxygen atoms in total. The number of H-pyrrole nitrogens is 1. The topological polar surface area (TPSA) is 83.6 Å². The highest BCUT2D eigenvalue weighted by Crippen LogP contribution is 2.21. The van der Waals surface area contributed by atoms with Gasteiger partial charge in [0.25, 0.3) is 5.91 Å². The highest BCUT2D eigenvalue weighted by molar-refractivity contribution is 7.98. The summed E-state index contributed by atoms with van der Waals surface area (Å²) in [6.45, 7) is 0. The van der Waals surface area contributed by atoms with Crippen LogP contribution >= 0.6 is 11.8 Å². The Hall–Kier alpha value is -2.67. The Morgan fingerprint density at radius 2 is 2.00 bits per heavy atom. The number of anilines is 1. The SMILES string of the molecule is O=C(Nc1ccncc1)c1ccccc1CSc1ncn[nH]1. The van der Waals surface area contributed by atoms with Gasteiger partial charge in [-0.2, -0.15) is 5.10 Å². The molecule has 22 heavy (non-hydrogen) atoms. The van der Waals surface area contributed by atoms with Crippen LogP contribution in [0.4, 0.5) is 5.69 Å². The molecule has 2 aromatic heterocycles. The number of carbonyl (C=O) groups excluding carboxylic acids is 1. The lowest BCUT2D eigenvalue weighted by molar-refractivity contribution is 0.102. The average Bonchev–Trinajstić information content (AvgIpc) is 3.07. The zero-order chi connectivity index (χ0) is 15.2. The monoisotopic (exact) mass is 311 g/mol. The molecule has 0 spiro atoms. The van der Waals surface area contributed by atoms with Gasteiger partial charge < -0.3 is 5.32 Å². The molecular weight excluding hydrogens is 298 g/mol. The van der Waals surface area contributed by atoms with E-state index in [1.807, 2.05) is 24.3 Å². The molecule has 3 aromatic rings. The molecule has 0 saturated carbocycles.